The van der Waals surface area contributed by atoms with Gasteiger partial charge in [-0.1, -0.05) is 0 Å². The maximum atomic E-state index is 9.46. The number of H-pyrrole nitrogens is 1. The van der Waals surface area contributed by atoms with Gasteiger partial charge in [0, 0.05) is 26.3 Å². The van der Waals surface area contributed by atoms with E-state index in [4.69, 9.17) is 2.74 Å². The van der Waals surface area contributed by atoms with E-state index >= 15 is 0 Å². The Labute approximate surface area is 92.1 Å². The number of aromatic amines is 1. The van der Waals surface area contributed by atoms with Gasteiger partial charge in [0.15, 0.2) is 0 Å². The zero-order chi connectivity index (χ0) is 12.6. The summed E-state index contributed by atoms with van der Waals surface area (Å²) in [5.41, 5.74) is 1.78. The Morgan fingerprint density at radius 3 is 3.00 bits per heavy atom. The van der Waals surface area contributed by atoms with Crippen molar-refractivity contribution in [2.45, 2.75) is 6.42 Å². The topological polar surface area (TPSA) is 39.3 Å². The van der Waals surface area contributed by atoms with Crippen LogP contribution in [-0.4, -0.2) is 35.6 Å². The molecule has 0 saturated carbocycles. The normalized spacial score (nSPS) is 14.3. The van der Waals surface area contributed by atoms with E-state index in [2.05, 4.69) is 4.98 Å². The number of fused-ring (bicyclic) bond motifs is 1. The highest BCUT2D eigenvalue weighted by molar-refractivity contribution is 5.84. The Bertz CT molecular complexity index is 534. The van der Waals surface area contributed by atoms with Crippen LogP contribution in [0.4, 0.5) is 0 Å². The van der Waals surface area contributed by atoms with Crippen LogP contribution in [-0.2, 0) is 6.42 Å². The summed E-state index contributed by atoms with van der Waals surface area (Å²) >= 11 is 0. The molecule has 0 spiro atoms. The van der Waals surface area contributed by atoms with E-state index < -0.39 is 6.50 Å². The van der Waals surface area contributed by atoms with Gasteiger partial charge in [0.25, 0.3) is 0 Å². The summed E-state index contributed by atoms with van der Waals surface area (Å²) in [7, 11) is 3.43. The van der Waals surface area contributed by atoms with Gasteiger partial charge in [-0.3, -0.25) is 0 Å². The number of phenolic OH excluding ortho intramolecular Hbond substituents is 1. The lowest BCUT2D eigenvalue weighted by atomic mass is 10.1. The van der Waals surface area contributed by atoms with E-state index in [0.717, 1.165) is 16.5 Å². The summed E-state index contributed by atoms with van der Waals surface area (Å²) in [5, 5.41) is 10.3. The van der Waals surface area contributed by atoms with Crippen LogP contribution in [0, 0.1) is 0 Å². The van der Waals surface area contributed by atoms with Gasteiger partial charge in [0.2, 0.25) is 0 Å². The summed E-state index contributed by atoms with van der Waals surface area (Å²) in [5.74, 6) is 0.198. The van der Waals surface area contributed by atoms with Crippen molar-refractivity contribution in [3.05, 3.63) is 30.0 Å². The van der Waals surface area contributed by atoms with Gasteiger partial charge in [0.1, 0.15) is 5.75 Å². The fourth-order valence-corrected chi connectivity index (χ4v) is 1.56. The number of hydrogen-bond donors (Lipinski definition) is 2. The van der Waals surface area contributed by atoms with Crippen LogP contribution in [0.2, 0.25) is 0 Å². The molecule has 3 nitrogen and oxygen atoms in total. The second-order valence-corrected chi connectivity index (χ2v) is 3.77. The number of likely N-dealkylation sites (N-methyl/N-ethyl adjacent to an activating group) is 1. The number of benzene rings is 1. The molecule has 15 heavy (non-hydrogen) atoms. The van der Waals surface area contributed by atoms with Crippen molar-refractivity contribution in [2.24, 2.45) is 0 Å². The molecule has 1 heterocycles. The number of rotatable bonds is 3. The van der Waals surface area contributed by atoms with Gasteiger partial charge in [0.05, 0.1) is 0 Å². The minimum Gasteiger partial charge on any atom is -0.508 e. The van der Waals surface area contributed by atoms with Crippen LogP contribution in [0.1, 0.15) is 8.30 Å². The van der Waals surface area contributed by atoms with Crippen molar-refractivity contribution in [1.82, 2.24) is 9.88 Å². The molecular formula is C12H16N2O. The van der Waals surface area contributed by atoms with Gasteiger partial charge >= 0.3 is 0 Å². The first-order chi connectivity index (χ1) is 7.90. The van der Waals surface area contributed by atoms with Crippen LogP contribution >= 0.6 is 0 Å². The molecule has 2 N–H and O–H groups in total. The molecule has 1 aromatic heterocycles. The summed E-state index contributed by atoms with van der Waals surface area (Å²) in [6.07, 6.45) is 2.08. The van der Waals surface area contributed by atoms with Crippen LogP contribution in [0.25, 0.3) is 10.9 Å². The highest BCUT2D eigenvalue weighted by Crippen LogP contribution is 2.23. The third kappa shape index (κ3) is 2.13. The number of phenols is 1. The van der Waals surface area contributed by atoms with E-state index in [-0.39, 0.29) is 12.2 Å². The van der Waals surface area contributed by atoms with E-state index in [0.29, 0.717) is 0 Å². The molecule has 0 aliphatic heterocycles. The molecule has 2 rings (SSSR count). The van der Waals surface area contributed by atoms with Crippen molar-refractivity contribution >= 4 is 10.9 Å². The lowest BCUT2D eigenvalue weighted by Crippen LogP contribution is -2.14. The minimum absolute atomic E-state index is 0.198. The zero-order valence-electron chi connectivity index (χ0n) is 10.9. The number of nitrogens with one attached hydrogen (secondary N) is 1. The smallest absolute Gasteiger partial charge is 0.116 e. The number of hydrogen-bond acceptors (Lipinski definition) is 2. The molecular weight excluding hydrogens is 188 g/mol. The van der Waals surface area contributed by atoms with Crippen molar-refractivity contribution in [3.63, 3.8) is 0 Å². The maximum Gasteiger partial charge on any atom is 0.116 e. The van der Waals surface area contributed by atoms with E-state index in [1.165, 1.54) is 0 Å². The number of aryl methyl sites for hydroxylation is 1. The summed E-state index contributed by atoms with van der Waals surface area (Å²) in [6, 6.07) is 5.06. The van der Waals surface area contributed by atoms with E-state index in [1.54, 1.807) is 43.4 Å². The Hall–Kier alpha value is -1.48. The Morgan fingerprint density at radius 2 is 2.27 bits per heavy atom. The Kier molecular flexibility index (Phi) is 2.04. The molecule has 0 atom stereocenters. The fraction of sp³-hybridized carbons (Fsp3) is 0.333. The molecule has 0 bridgehead atoms. The first-order valence-corrected chi connectivity index (χ1v) is 4.86. The predicted molar refractivity (Wildman–Crippen MR) is 62.2 cm³/mol. The molecule has 3 heteroatoms. The van der Waals surface area contributed by atoms with Gasteiger partial charge in [-0.2, -0.15) is 0 Å². The van der Waals surface area contributed by atoms with Crippen LogP contribution in [0.3, 0.4) is 0 Å². The zero-order valence-corrected chi connectivity index (χ0v) is 8.91. The monoisotopic (exact) mass is 206 g/mol. The minimum atomic E-state index is -1.40. The number of nitrogens with zero attached hydrogens (tertiary/aromatic N) is 1. The average Bonchev–Trinajstić information content (AvgIpc) is 2.60. The second kappa shape index (κ2) is 3.95. The van der Waals surface area contributed by atoms with Gasteiger partial charge in [-0.15, -0.1) is 0 Å². The van der Waals surface area contributed by atoms with Gasteiger partial charge < -0.3 is 15.0 Å². The van der Waals surface area contributed by atoms with Gasteiger partial charge in [-0.25, -0.2) is 0 Å². The lowest BCUT2D eigenvalue weighted by Gasteiger charge is -2.08. The van der Waals surface area contributed by atoms with Crippen molar-refractivity contribution in [2.75, 3.05) is 20.6 Å². The standard InChI is InChI=1S/C12H16N2O/c1-14(2)6-5-9-8-13-12-4-3-10(15)7-11(9)12/h3-4,7-8,13,15H,5-6H2,1-2H3/i6D2. The highest BCUT2D eigenvalue weighted by atomic mass is 16.3. The molecule has 0 radical (unpaired) electrons. The molecule has 0 saturated heterocycles. The predicted octanol–water partition coefficient (Wildman–Crippen LogP) is 1.98. The summed E-state index contributed by atoms with van der Waals surface area (Å²) in [4.78, 5) is 4.63. The van der Waals surface area contributed by atoms with Crippen LogP contribution in [0.15, 0.2) is 24.4 Å². The molecule has 2 aromatic rings. The maximum absolute atomic E-state index is 9.46. The molecule has 80 valence electrons. The fourth-order valence-electron chi connectivity index (χ4n) is 1.56. The quantitative estimate of drug-likeness (QED) is 0.806. The lowest BCUT2D eigenvalue weighted by molar-refractivity contribution is 0.414. The number of aromatic nitrogens is 1. The van der Waals surface area contributed by atoms with E-state index in [1.807, 2.05) is 0 Å². The Balaban J connectivity index is 2.40. The van der Waals surface area contributed by atoms with E-state index in [9.17, 15) is 5.11 Å². The van der Waals surface area contributed by atoms with Crippen molar-refractivity contribution in [3.8, 4) is 5.75 Å². The summed E-state index contributed by atoms with van der Waals surface area (Å²) < 4.78 is 15.8. The molecule has 0 fully saturated rings. The van der Waals surface area contributed by atoms with Crippen molar-refractivity contribution < 1.29 is 7.85 Å². The molecule has 0 aliphatic carbocycles. The summed E-state index contributed by atoms with van der Waals surface area (Å²) in [6.45, 7) is -1.40. The average molecular weight is 206 g/mol. The number of aromatic hydroxyl groups is 1. The second-order valence-electron chi connectivity index (χ2n) is 3.77. The van der Waals surface area contributed by atoms with Crippen LogP contribution in [0.5, 0.6) is 5.75 Å². The van der Waals surface area contributed by atoms with Gasteiger partial charge in [-0.05, 0) is 44.3 Å². The molecule has 1 aromatic carbocycles. The SMILES string of the molecule is [2H]C([2H])(Cc1c[nH]c2ccc(O)cc12)N(C)C. The first-order valence-electron chi connectivity index (χ1n) is 5.86. The first kappa shape index (κ1) is 7.77. The Morgan fingerprint density at radius 1 is 1.47 bits per heavy atom. The third-order valence-electron chi connectivity index (χ3n) is 2.34. The molecule has 0 aliphatic rings. The molecule has 0 unspecified atom stereocenters. The largest absolute Gasteiger partial charge is 0.508 e. The third-order valence-corrected chi connectivity index (χ3v) is 2.34. The molecule has 0 amide bonds. The van der Waals surface area contributed by atoms with Crippen molar-refractivity contribution in [1.29, 1.82) is 0 Å². The van der Waals surface area contributed by atoms with Crippen LogP contribution < -0.4 is 0 Å². The highest BCUT2D eigenvalue weighted by Gasteiger charge is 2.04.